The Balaban J connectivity index is 2.24. The number of hydrogen-bond acceptors (Lipinski definition) is 1. The fraction of sp³-hybridized carbons (Fsp3) is 0.556. The highest BCUT2D eigenvalue weighted by Crippen LogP contribution is 2.37. The Hall–Kier alpha value is -0.170. The number of rotatable bonds is 0. The lowest BCUT2D eigenvalue weighted by Crippen LogP contribution is -2.02. The third-order valence-corrected chi connectivity index (χ3v) is 3.53. The van der Waals surface area contributed by atoms with Crippen LogP contribution in [0.2, 0.25) is 0 Å². The van der Waals surface area contributed by atoms with Gasteiger partial charge in [-0.25, -0.2) is 0 Å². The van der Waals surface area contributed by atoms with E-state index in [-0.39, 0.29) is 0 Å². The molecule has 1 heteroatoms. The van der Waals surface area contributed by atoms with E-state index in [1.807, 2.05) is 0 Å². The van der Waals surface area contributed by atoms with Crippen molar-refractivity contribution in [1.82, 2.24) is 0 Å². The largest absolute Gasteiger partial charge is 0.153 e. The summed E-state index contributed by atoms with van der Waals surface area (Å²) in [5.74, 6) is 1.34. The molecule has 1 fully saturated rings. The van der Waals surface area contributed by atoms with Gasteiger partial charge in [0, 0.05) is 5.25 Å². The van der Waals surface area contributed by atoms with Crippen LogP contribution in [0.5, 0.6) is 0 Å². The first-order chi connectivity index (χ1) is 4.86. The molecule has 1 heterocycles. The predicted octanol–water partition coefficient (Wildman–Crippen LogP) is 2.77. The Bertz CT molecular complexity index is 201. The van der Waals surface area contributed by atoms with Crippen molar-refractivity contribution in [2.45, 2.75) is 25.0 Å². The summed E-state index contributed by atoms with van der Waals surface area (Å²) in [7, 11) is 0. The average Bonchev–Trinajstić information content (AvgIpc) is 2.33. The first-order valence-corrected chi connectivity index (χ1v) is 4.90. The highest BCUT2D eigenvalue weighted by Gasteiger charge is 2.22. The summed E-state index contributed by atoms with van der Waals surface area (Å²) in [4.78, 5) is 0. The van der Waals surface area contributed by atoms with Crippen LogP contribution in [0.1, 0.15) is 19.8 Å². The maximum atomic E-state index is 2.37. The van der Waals surface area contributed by atoms with E-state index in [9.17, 15) is 0 Å². The minimum absolute atomic E-state index is 0.851. The Morgan fingerprint density at radius 3 is 3.40 bits per heavy atom. The van der Waals surface area contributed by atoms with Crippen LogP contribution >= 0.6 is 11.8 Å². The fourth-order valence-corrected chi connectivity index (χ4v) is 2.89. The van der Waals surface area contributed by atoms with E-state index in [2.05, 4.69) is 30.8 Å². The summed E-state index contributed by atoms with van der Waals surface area (Å²) < 4.78 is 0. The standard InChI is InChI=1S/C9H12S/c1-7-2-3-9-8(6-7)4-5-10-9/h2,6,9H,3-5H2,1H3/t9-/m0/s1. The van der Waals surface area contributed by atoms with E-state index >= 15 is 0 Å². The molecule has 0 unspecified atom stereocenters. The van der Waals surface area contributed by atoms with E-state index in [0.717, 1.165) is 5.25 Å². The molecule has 54 valence electrons. The lowest BCUT2D eigenvalue weighted by Gasteiger charge is -2.13. The molecule has 0 aromatic heterocycles. The van der Waals surface area contributed by atoms with Crippen molar-refractivity contribution in [3.63, 3.8) is 0 Å². The van der Waals surface area contributed by atoms with Crippen molar-refractivity contribution in [2.75, 3.05) is 5.75 Å². The third-order valence-electron chi connectivity index (χ3n) is 2.19. The van der Waals surface area contributed by atoms with Gasteiger partial charge < -0.3 is 0 Å². The SMILES string of the molecule is CC1=CC[C@@H]2SCCC2=C1. The molecule has 0 amide bonds. The molecule has 2 rings (SSSR count). The molecule has 1 atom stereocenters. The molecule has 0 aromatic carbocycles. The molecular formula is C9H12S. The third kappa shape index (κ3) is 1.03. The zero-order valence-corrected chi connectivity index (χ0v) is 7.08. The van der Waals surface area contributed by atoms with E-state index in [4.69, 9.17) is 0 Å². The summed E-state index contributed by atoms with van der Waals surface area (Å²) in [5, 5.41) is 0.851. The lowest BCUT2D eigenvalue weighted by molar-refractivity contribution is 0.944. The zero-order chi connectivity index (χ0) is 6.97. The highest BCUT2D eigenvalue weighted by molar-refractivity contribution is 8.00. The van der Waals surface area contributed by atoms with Gasteiger partial charge in [0.25, 0.3) is 0 Å². The Kier molecular flexibility index (Phi) is 1.61. The van der Waals surface area contributed by atoms with Gasteiger partial charge in [0.2, 0.25) is 0 Å². The molecule has 0 saturated carbocycles. The molecular weight excluding hydrogens is 140 g/mol. The van der Waals surface area contributed by atoms with Crippen molar-refractivity contribution >= 4 is 11.8 Å². The van der Waals surface area contributed by atoms with Crippen LogP contribution in [0, 0.1) is 0 Å². The van der Waals surface area contributed by atoms with Gasteiger partial charge in [-0.05, 0) is 25.5 Å². The van der Waals surface area contributed by atoms with Crippen molar-refractivity contribution in [1.29, 1.82) is 0 Å². The Morgan fingerprint density at radius 2 is 2.50 bits per heavy atom. The fourth-order valence-electron chi connectivity index (χ4n) is 1.62. The van der Waals surface area contributed by atoms with Gasteiger partial charge in [-0.3, -0.25) is 0 Å². The van der Waals surface area contributed by atoms with E-state index in [1.54, 1.807) is 5.57 Å². The quantitative estimate of drug-likeness (QED) is 0.514. The van der Waals surface area contributed by atoms with Crippen LogP contribution in [0.15, 0.2) is 23.3 Å². The topological polar surface area (TPSA) is 0 Å². The number of fused-ring (bicyclic) bond motifs is 1. The van der Waals surface area contributed by atoms with Gasteiger partial charge in [-0.2, -0.15) is 11.8 Å². The molecule has 0 radical (unpaired) electrons. The molecule has 10 heavy (non-hydrogen) atoms. The Morgan fingerprint density at radius 1 is 1.60 bits per heavy atom. The van der Waals surface area contributed by atoms with Gasteiger partial charge in [0.15, 0.2) is 0 Å². The van der Waals surface area contributed by atoms with Gasteiger partial charge >= 0.3 is 0 Å². The van der Waals surface area contributed by atoms with Crippen LogP contribution in [-0.2, 0) is 0 Å². The van der Waals surface area contributed by atoms with Gasteiger partial charge in [0.1, 0.15) is 0 Å². The average molecular weight is 152 g/mol. The number of hydrogen-bond donors (Lipinski definition) is 0. The second-order valence-corrected chi connectivity index (χ2v) is 4.32. The van der Waals surface area contributed by atoms with Crippen molar-refractivity contribution < 1.29 is 0 Å². The van der Waals surface area contributed by atoms with Crippen LogP contribution in [0.25, 0.3) is 0 Å². The summed E-state index contributed by atoms with van der Waals surface area (Å²) in [6.07, 6.45) is 7.34. The normalized spacial score (nSPS) is 31.1. The molecule has 1 aliphatic heterocycles. The summed E-state index contributed by atoms with van der Waals surface area (Å²) >= 11 is 2.12. The first kappa shape index (κ1) is 6.53. The molecule has 0 bridgehead atoms. The monoisotopic (exact) mass is 152 g/mol. The van der Waals surface area contributed by atoms with Gasteiger partial charge in [0.05, 0.1) is 0 Å². The van der Waals surface area contributed by atoms with Crippen molar-refractivity contribution in [2.24, 2.45) is 0 Å². The maximum absolute atomic E-state index is 2.37. The van der Waals surface area contributed by atoms with E-state index in [0.29, 0.717) is 0 Å². The molecule has 2 aliphatic rings. The van der Waals surface area contributed by atoms with Crippen LogP contribution in [-0.4, -0.2) is 11.0 Å². The minimum atomic E-state index is 0.851. The molecule has 1 saturated heterocycles. The lowest BCUT2D eigenvalue weighted by atomic mass is 9.98. The zero-order valence-electron chi connectivity index (χ0n) is 6.26. The second kappa shape index (κ2) is 2.46. The summed E-state index contributed by atoms with van der Waals surface area (Å²) in [5.41, 5.74) is 3.15. The maximum Gasteiger partial charge on any atom is 0.0294 e. The van der Waals surface area contributed by atoms with Crippen LogP contribution in [0.4, 0.5) is 0 Å². The van der Waals surface area contributed by atoms with Gasteiger partial charge in [-0.1, -0.05) is 23.3 Å². The van der Waals surface area contributed by atoms with Crippen LogP contribution in [0.3, 0.4) is 0 Å². The second-order valence-electron chi connectivity index (χ2n) is 3.01. The first-order valence-electron chi connectivity index (χ1n) is 3.85. The molecule has 0 N–H and O–H groups in total. The van der Waals surface area contributed by atoms with Crippen LogP contribution < -0.4 is 0 Å². The predicted molar refractivity (Wildman–Crippen MR) is 47.3 cm³/mol. The van der Waals surface area contributed by atoms with Gasteiger partial charge in [-0.15, -0.1) is 0 Å². The summed E-state index contributed by atoms with van der Waals surface area (Å²) in [6, 6.07) is 0. The molecule has 0 nitrogen and oxygen atoms in total. The number of thioether (sulfide) groups is 1. The van der Waals surface area contributed by atoms with Crippen molar-refractivity contribution in [3.05, 3.63) is 23.3 Å². The van der Waals surface area contributed by atoms with E-state index < -0.39 is 0 Å². The molecule has 0 spiro atoms. The smallest absolute Gasteiger partial charge is 0.0294 e. The Labute approximate surface area is 66.4 Å². The minimum Gasteiger partial charge on any atom is -0.153 e. The number of allylic oxidation sites excluding steroid dienone is 3. The van der Waals surface area contributed by atoms with Crippen molar-refractivity contribution in [3.8, 4) is 0 Å². The highest BCUT2D eigenvalue weighted by atomic mass is 32.2. The van der Waals surface area contributed by atoms with E-state index in [1.165, 1.54) is 24.2 Å². The molecule has 1 aliphatic carbocycles. The summed E-state index contributed by atoms with van der Waals surface area (Å²) in [6.45, 7) is 2.20. The molecule has 0 aromatic rings.